The molecule has 0 radical (unpaired) electrons. The minimum Gasteiger partial charge on any atom is -0.497 e. The summed E-state index contributed by atoms with van der Waals surface area (Å²) in [5.74, 6) is 0.514. The lowest BCUT2D eigenvalue weighted by Gasteiger charge is -2.10. The number of benzene rings is 1. The zero-order valence-electron chi connectivity index (χ0n) is 9.77. The molecule has 0 aromatic heterocycles. The molecule has 5 nitrogen and oxygen atoms in total. The van der Waals surface area contributed by atoms with Crippen LogP contribution < -0.4 is 10.1 Å². The Bertz CT molecular complexity index is 442. The Kier molecular flexibility index (Phi) is 2.99. The fourth-order valence-electron chi connectivity index (χ4n) is 1.84. The van der Waals surface area contributed by atoms with Crippen LogP contribution in [0.1, 0.15) is 18.5 Å². The van der Waals surface area contributed by atoms with Crippen molar-refractivity contribution in [2.45, 2.75) is 13.0 Å². The quantitative estimate of drug-likeness (QED) is 0.802. The molecule has 0 saturated carbocycles. The van der Waals surface area contributed by atoms with E-state index in [-0.39, 0.29) is 11.9 Å². The van der Waals surface area contributed by atoms with E-state index in [1.807, 2.05) is 0 Å². The highest BCUT2D eigenvalue weighted by Crippen LogP contribution is 2.23. The summed E-state index contributed by atoms with van der Waals surface area (Å²) in [4.78, 5) is 24.6. The summed E-state index contributed by atoms with van der Waals surface area (Å²) < 4.78 is 5.04. The molecule has 2 rings (SSSR count). The summed E-state index contributed by atoms with van der Waals surface area (Å²) in [5, 5.41) is 2.66. The average Bonchev–Trinajstić information content (AvgIpc) is 2.64. The van der Waals surface area contributed by atoms with Gasteiger partial charge in [-0.05, 0) is 24.6 Å². The normalized spacial score (nSPS) is 19.4. The summed E-state index contributed by atoms with van der Waals surface area (Å²) in [6, 6.07) is 6.18. The van der Waals surface area contributed by atoms with Crippen molar-refractivity contribution in [2.24, 2.45) is 0 Å². The molecule has 17 heavy (non-hydrogen) atoms. The van der Waals surface area contributed by atoms with Crippen LogP contribution in [-0.2, 0) is 4.79 Å². The minimum atomic E-state index is -0.576. The van der Waals surface area contributed by atoms with Gasteiger partial charge in [-0.1, -0.05) is 12.1 Å². The average molecular weight is 234 g/mol. The first kappa shape index (κ1) is 11.4. The van der Waals surface area contributed by atoms with Crippen molar-refractivity contribution in [3.63, 3.8) is 0 Å². The van der Waals surface area contributed by atoms with Gasteiger partial charge in [0.15, 0.2) is 0 Å². The molecule has 1 aliphatic heterocycles. The number of carbonyl (C=O) groups excluding carboxylic acids is 2. The summed E-state index contributed by atoms with van der Waals surface area (Å²) in [7, 11) is 1.58. The van der Waals surface area contributed by atoms with Crippen LogP contribution in [0.25, 0.3) is 0 Å². The van der Waals surface area contributed by atoms with Gasteiger partial charge in [0.1, 0.15) is 11.8 Å². The Morgan fingerprint density at radius 1 is 1.29 bits per heavy atom. The lowest BCUT2D eigenvalue weighted by molar-refractivity contribution is -0.127. The largest absolute Gasteiger partial charge is 0.497 e. The van der Waals surface area contributed by atoms with E-state index in [4.69, 9.17) is 4.74 Å². The molecule has 1 fully saturated rings. The van der Waals surface area contributed by atoms with E-state index in [1.54, 1.807) is 38.3 Å². The van der Waals surface area contributed by atoms with Crippen LogP contribution in [0.4, 0.5) is 4.79 Å². The van der Waals surface area contributed by atoms with E-state index in [2.05, 4.69) is 5.32 Å². The fraction of sp³-hybridized carbons (Fsp3) is 0.333. The van der Waals surface area contributed by atoms with Crippen LogP contribution in [-0.4, -0.2) is 30.5 Å². The lowest BCUT2D eigenvalue weighted by Crippen LogP contribution is -2.30. The van der Waals surface area contributed by atoms with Crippen LogP contribution in [0, 0.1) is 0 Å². The van der Waals surface area contributed by atoms with E-state index in [0.29, 0.717) is 6.54 Å². The van der Waals surface area contributed by atoms with Gasteiger partial charge in [0.25, 0.3) is 5.91 Å². The number of likely N-dealkylation sites (N-methyl/N-ethyl adjacent to an activating group) is 1. The zero-order valence-corrected chi connectivity index (χ0v) is 9.77. The number of nitrogens with zero attached hydrogens (tertiary/aromatic N) is 1. The van der Waals surface area contributed by atoms with Gasteiger partial charge >= 0.3 is 6.03 Å². The van der Waals surface area contributed by atoms with Crippen molar-refractivity contribution >= 4 is 11.9 Å². The number of hydrogen-bond acceptors (Lipinski definition) is 3. The van der Waals surface area contributed by atoms with Crippen molar-refractivity contribution in [2.75, 3.05) is 13.7 Å². The van der Waals surface area contributed by atoms with E-state index in [1.165, 1.54) is 4.90 Å². The third-order valence-electron chi connectivity index (χ3n) is 2.79. The maximum atomic E-state index is 11.9. The number of ether oxygens (including phenoxy) is 1. The Morgan fingerprint density at radius 3 is 2.41 bits per heavy atom. The summed E-state index contributed by atoms with van der Waals surface area (Å²) >= 11 is 0. The summed E-state index contributed by atoms with van der Waals surface area (Å²) in [5.41, 5.74) is 0.764. The molecule has 1 N–H and O–H groups in total. The molecule has 1 aromatic carbocycles. The van der Waals surface area contributed by atoms with Crippen molar-refractivity contribution in [3.05, 3.63) is 29.8 Å². The minimum absolute atomic E-state index is 0.206. The number of rotatable bonds is 3. The Labute approximate surface area is 99.4 Å². The molecule has 0 aliphatic carbocycles. The highest BCUT2D eigenvalue weighted by Gasteiger charge is 2.37. The molecule has 1 saturated heterocycles. The van der Waals surface area contributed by atoms with Crippen molar-refractivity contribution in [1.82, 2.24) is 10.2 Å². The molecule has 1 aliphatic rings. The van der Waals surface area contributed by atoms with Gasteiger partial charge in [0.2, 0.25) is 0 Å². The third kappa shape index (κ3) is 1.95. The third-order valence-corrected chi connectivity index (χ3v) is 2.79. The Hall–Kier alpha value is -2.04. The number of imide groups is 1. The standard InChI is InChI=1S/C12H14N2O3/c1-3-14-11(15)10(13-12(14)16)8-4-6-9(17-2)7-5-8/h4-7,10H,3H2,1-2H3,(H,13,16). The molecule has 0 bridgehead atoms. The van der Waals surface area contributed by atoms with Crippen LogP contribution in [0.2, 0.25) is 0 Å². The first-order chi connectivity index (χ1) is 8.17. The molecule has 90 valence electrons. The molecular weight excluding hydrogens is 220 g/mol. The predicted molar refractivity (Wildman–Crippen MR) is 61.7 cm³/mol. The second-order valence-electron chi connectivity index (χ2n) is 3.74. The Balaban J connectivity index is 2.23. The number of urea groups is 1. The van der Waals surface area contributed by atoms with Gasteiger partial charge in [0, 0.05) is 6.54 Å². The maximum absolute atomic E-state index is 11.9. The molecule has 1 atom stereocenters. The van der Waals surface area contributed by atoms with E-state index in [0.717, 1.165) is 11.3 Å². The van der Waals surface area contributed by atoms with E-state index < -0.39 is 6.04 Å². The van der Waals surface area contributed by atoms with Crippen LogP contribution >= 0.6 is 0 Å². The summed E-state index contributed by atoms with van der Waals surface area (Å²) in [6.45, 7) is 2.16. The van der Waals surface area contributed by atoms with Crippen molar-refractivity contribution in [3.8, 4) is 5.75 Å². The second-order valence-corrected chi connectivity index (χ2v) is 3.74. The van der Waals surface area contributed by atoms with Gasteiger partial charge in [-0.15, -0.1) is 0 Å². The number of methoxy groups -OCH3 is 1. The SMILES string of the molecule is CCN1C(=O)NC(c2ccc(OC)cc2)C1=O. The van der Waals surface area contributed by atoms with Gasteiger partial charge in [0.05, 0.1) is 7.11 Å². The summed E-state index contributed by atoms with van der Waals surface area (Å²) in [6.07, 6.45) is 0. The van der Waals surface area contributed by atoms with Gasteiger partial charge in [-0.2, -0.15) is 0 Å². The number of carbonyl (C=O) groups is 2. The predicted octanol–water partition coefficient (Wildman–Crippen LogP) is 1.31. The van der Waals surface area contributed by atoms with Gasteiger partial charge in [-0.3, -0.25) is 9.69 Å². The van der Waals surface area contributed by atoms with Gasteiger partial charge < -0.3 is 10.1 Å². The van der Waals surface area contributed by atoms with Crippen LogP contribution in [0.15, 0.2) is 24.3 Å². The first-order valence-corrected chi connectivity index (χ1v) is 5.43. The maximum Gasteiger partial charge on any atom is 0.325 e. The van der Waals surface area contributed by atoms with Gasteiger partial charge in [-0.25, -0.2) is 4.79 Å². The van der Waals surface area contributed by atoms with E-state index >= 15 is 0 Å². The number of amides is 3. The monoisotopic (exact) mass is 234 g/mol. The van der Waals surface area contributed by atoms with Crippen molar-refractivity contribution < 1.29 is 14.3 Å². The smallest absolute Gasteiger partial charge is 0.325 e. The molecule has 1 unspecified atom stereocenters. The first-order valence-electron chi connectivity index (χ1n) is 5.43. The molecule has 3 amide bonds. The molecular formula is C12H14N2O3. The fourth-order valence-corrected chi connectivity index (χ4v) is 1.84. The molecule has 1 aromatic rings. The van der Waals surface area contributed by atoms with Crippen LogP contribution in [0.3, 0.4) is 0 Å². The van der Waals surface area contributed by atoms with Crippen molar-refractivity contribution in [1.29, 1.82) is 0 Å². The molecule has 1 heterocycles. The highest BCUT2D eigenvalue weighted by molar-refractivity contribution is 6.04. The number of nitrogens with one attached hydrogen (secondary N) is 1. The highest BCUT2D eigenvalue weighted by atomic mass is 16.5. The molecule has 5 heteroatoms. The number of hydrogen-bond donors (Lipinski definition) is 1. The van der Waals surface area contributed by atoms with E-state index in [9.17, 15) is 9.59 Å². The van der Waals surface area contributed by atoms with Crippen LogP contribution in [0.5, 0.6) is 5.75 Å². The Morgan fingerprint density at radius 2 is 1.94 bits per heavy atom. The lowest BCUT2D eigenvalue weighted by atomic mass is 10.1. The zero-order chi connectivity index (χ0) is 12.4. The molecule has 0 spiro atoms. The second kappa shape index (κ2) is 4.45. The topological polar surface area (TPSA) is 58.6 Å².